The van der Waals surface area contributed by atoms with Crippen LogP contribution in [0, 0.1) is 0 Å². The Morgan fingerprint density at radius 1 is 1.38 bits per heavy atom. The van der Waals surface area contributed by atoms with Crippen molar-refractivity contribution in [2.24, 2.45) is 0 Å². The number of rotatable bonds is 5. The Balaban J connectivity index is 1.83. The zero-order chi connectivity index (χ0) is 20.5. The van der Waals surface area contributed by atoms with Gasteiger partial charge < -0.3 is 10.6 Å². The van der Waals surface area contributed by atoms with Crippen LogP contribution < -0.4 is 11.3 Å². The van der Waals surface area contributed by atoms with Gasteiger partial charge in [0.25, 0.3) is 5.56 Å². The van der Waals surface area contributed by atoms with Gasteiger partial charge in [0.2, 0.25) is 5.91 Å². The number of aromatic nitrogens is 4. The fourth-order valence-corrected chi connectivity index (χ4v) is 3.97. The van der Waals surface area contributed by atoms with Crippen LogP contribution in [0.4, 0.5) is 5.82 Å². The first-order valence-electron chi connectivity index (χ1n) is 9.80. The van der Waals surface area contributed by atoms with Crippen molar-refractivity contribution in [2.75, 3.05) is 18.8 Å². The van der Waals surface area contributed by atoms with Crippen LogP contribution in [0.15, 0.2) is 41.7 Å². The van der Waals surface area contributed by atoms with Crippen LogP contribution in [0.1, 0.15) is 31.4 Å². The van der Waals surface area contributed by atoms with Crippen molar-refractivity contribution in [1.82, 2.24) is 24.9 Å². The van der Waals surface area contributed by atoms with E-state index in [9.17, 15) is 9.59 Å². The molecule has 1 unspecified atom stereocenters. The molecular formula is C21H24N6O2. The van der Waals surface area contributed by atoms with Gasteiger partial charge in [-0.2, -0.15) is 10.2 Å². The number of hydrogen-bond acceptors (Lipinski definition) is 5. The first-order valence-corrected chi connectivity index (χ1v) is 9.80. The van der Waals surface area contributed by atoms with Gasteiger partial charge in [0.1, 0.15) is 11.2 Å². The zero-order valence-electron chi connectivity index (χ0n) is 16.4. The zero-order valence-corrected chi connectivity index (χ0v) is 16.4. The molecule has 0 spiro atoms. The lowest BCUT2D eigenvalue weighted by atomic mass is 10.0. The number of aryl methyl sites for hydroxylation is 1. The van der Waals surface area contributed by atoms with Crippen LogP contribution in [0.25, 0.3) is 22.2 Å². The molecule has 1 aliphatic rings. The molecule has 150 valence electrons. The Kier molecular flexibility index (Phi) is 4.92. The van der Waals surface area contributed by atoms with E-state index < -0.39 is 0 Å². The molecule has 0 radical (unpaired) electrons. The predicted molar refractivity (Wildman–Crippen MR) is 112 cm³/mol. The third kappa shape index (κ3) is 3.30. The number of aromatic amines is 1. The van der Waals surface area contributed by atoms with E-state index in [1.807, 2.05) is 12.1 Å². The van der Waals surface area contributed by atoms with Gasteiger partial charge in [0.05, 0.1) is 11.4 Å². The topological polar surface area (TPSA) is 110 Å². The molecule has 0 aliphatic carbocycles. The summed E-state index contributed by atoms with van der Waals surface area (Å²) in [5.41, 5.74) is 8.95. The van der Waals surface area contributed by atoms with Crippen molar-refractivity contribution in [2.45, 2.75) is 32.2 Å². The van der Waals surface area contributed by atoms with Crippen LogP contribution in [-0.2, 0) is 11.2 Å². The molecule has 0 saturated carbocycles. The van der Waals surface area contributed by atoms with E-state index in [1.165, 1.54) is 11.6 Å². The summed E-state index contributed by atoms with van der Waals surface area (Å²) in [6, 6.07) is 8.03. The molecule has 4 rings (SSSR count). The monoisotopic (exact) mass is 392 g/mol. The maximum atomic E-state index is 12.6. The number of carbonyl (C=O) groups is 1. The molecule has 1 atom stereocenters. The Bertz CT molecular complexity index is 1130. The number of carbonyl (C=O) groups excluding carboxylic acids is 1. The molecule has 29 heavy (non-hydrogen) atoms. The van der Waals surface area contributed by atoms with Crippen LogP contribution in [0.2, 0.25) is 0 Å². The smallest absolute Gasteiger partial charge is 0.290 e. The van der Waals surface area contributed by atoms with Gasteiger partial charge in [0, 0.05) is 18.7 Å². The molecule has 0 bridgehead atoms. The van der Waals surface area contributed by atoms with E-state index in [4.69, 9.17) is 10.8 Å². The Morgan fingerprint density at radius 2 is 2.14 bits per heavy atom. The van der Waals surface area contributed by atoms with Gasteiger partial charge in [-0.1, -0.05) is 44.2 Å². The minimum atomic E-state index is -0.343. The van der Waals surface area contributed by atoms with E-state index in [2.05, 4.69) is 35.8 Å². The number of hydrogen-bond donors (Lipinski definition) is 2. The largest absolute Gasteiger partial charge is 0.382 e. The summed E-state index contributed by atoms with van der Waals surface area (Å²) in [5.74, 6) is 0.112. The lowest BCUT2D eigenvalue weighted by Gasteiger charge is -2.14. The first kappa shape index (κ1) is 18.9. The van der Waals surface area contributed by atoms with E-state index in [1.54, 1.807) is 9.58 Å². The van der Waals surface area contributed by atoms with E-state index >= 15 is 0 Å². The highest BCUT2D eigenvalue weighted by Crippen LogP contribution is 2.33. The van der Waals surface area contributed by atoms with Gasteiger partial charge in [-0.05, 0) is 24.5 Å². The predicted octanol–water partition coefficient (Wildman–Crippen LogP) is 2.28. The first-order chi connectivity index (χ1) is 14.0. The molecule has 3 heterocycles. The number of nitrogens with two attached hydrogens (primary N) is 1. The number of nitrogens with zero attached hydrogens (tertiary/aromatic N) is 4. The minimum absolute atomic E-state index is 0.114. The highest BCUT2D eigenvalue weighted by Gasteiger charge is 2.30. The molecule has 8 nitrogen and oxygen atoms in total. The van der Waals surface area contributed by atoms with Crippen molar-refractivity contribution in [3.8, 4) is 11.3 Å². The molecule has 1 aromatic carbocycles. The number of fused-ring (bicyclic) bond motifs is 1. The summed E-state index contributed by atoms with van der Waals surface area (Å²) in [4.78, 5) is 26.3. The standard InChI is InChI=1S/C21H24N6O2/c1-3-5-13-6-8-14(9-7-13)18-17-19(21(29)24-23-20(17)22)27(25-18)15-10-11-26(12-15)16(28)4-2/h4,6-9,15H,2-3,5,10-12H2,1H3,(H2,22,23)(H,24,29). The molecule has 1 amide bonds. The van der Waals surface area contributed by atoms with E-state index in [0.717, 1.165) is 18.4 Å². The van der Waals surface area contributed by atoms with E-state index in [0.29, 0.717) is 36.1 Å². The average molecular weight is 392 g/mol. The van der Waals surface area contributed by atoms with Crippen molar-refractivity contribution < 1.29 is 4.79 Å². The second-order valence-electron chi connectivity index (χ2n) is 7.33. The number of likely N-dealkylation sites (tertiary alicyclic amines) is 1. The fraction of sp³-hybridized carbons (Fsp3) is 0.333. The number of nitrogens with one attached hydrogen (secondary N) is 1. The molecule has 1 fully saturated rings. The highest BCUT2D eigenvalue weighted by atomic mass is 16.2. The van der Waals surface area contributed by atoms with Crippen molar-refractivity contribution in [3.63, 3.8) is 0 Å². The summed E-state index contributed by atoms with van der Waals surface area (Å²) >= 11 is 0. The summed E-state index contributed by atoms with van der Waals surface area (Å²) in [6.45, 7) is 6.76. The number of amides is 1. The molecule has 2 aromatic heterocycles. The van der Waals surface area contributed by atoms with E-state index in [-0.39, 0.29) is 23.3 Å². The summed E-state index contributed by atoms with van der Waals surface area (Å²) in [7, 11) is 0. The average Bonchev–Trinajstić information content (AvgIpc) is 3.37. The van der Waals surface area contributed by atoms with Crippen LogP contribution >= 0.6 is 0 Å². The van der Waals surface area contributed by atoms with Gasteiger partial charge in [-0.15, -0.1) is 0 Å². The van der Waals surface area contributed by atoms with Crippen molar-refractivity contribution in [3.05, 3.63) is 52.8 Å². The van der Waals surface area contributed by atoms with Crippen LogP contribution in [0.3, 0.4) is 0 Å². The number of benzene rings is 1. The summed E-state index contributed by atoms with van der Waals surface area (Å²) < 4.78 is 1.71. The van der Waals surface area contributed by atoms with Crippen molar-refractivity contribution in [1.29, 1.82) is 0 Å². The quantitative estimate of drug-likeness (QED) is 0.647. The summed E-state index contributed by atoms with van der Waals surface area (Å²) in [6.07, 6.45) is 4.09. The third-order valence-corrected chi connectivity index (χ3v) is 5.42. The van der Waals surface area contributed by atoms with Gasteiger partial charge in [-0.3, -0.25) is 14.3 Å². The lowest BCUT2D eigenvalue weighted by Crippen LogP contribution is -2.27. The molecule has 1 aliphatic heterocycles. The molecule has 3 aromatic rings. The Labute approximate surface area is 168 Å². The van der Waals surface area contributed by atoms with Gasteiger partial charge in [0.15, 0.2) is 5.82 Å². The maximum absolute atomic E-state index is 12.6. The summed E-state index contributed by atoms with van der Waals surface area (Å²) in [5, 5.41) is 11.7. The Morgan fingerprint density at radius 3 is 2.83 bits per heavy atom. The molecule has 1 saturated heterocycles. The second-order valence-corrected chi connectivity index (χ2v) is 7.33. The number of H-pyrrole nitrogens is 1. The molecule has 3 N–H and O–H groups in total. The molecule has 8 heteroatoms. The Hall–Kier alpha value is -3.42. The number of nitrogen functional groups attached to an aromatic ring is 1. The number of anilines is 1. The lowest BCUT2D eigenvalue weighted by molar-refractivity contribution is -0.125. The normalized spacial score (nSPS) is 16.4. The second kappa shape index (κ2) is 7.54. The SMILES string of the molecule is C=CC(=O)N1CCC(n2nc(-c3ccc(CCC)cc3)c3c(N)n[nH]c(=O)c32)C1. The van der Waals surface area contributed by atoms with Crippen LogP contribution in [0.5, 0.6) is 0 Å². The minimum Gasteiger partial charge on any atom is -0.382 e. The molecular weight excluding hydrogens is 368 g/mol. The fourth-order valence-electron chi connectivity index (χ4n) is 3.97. The van der Waals surface area contributed by atoms with Gasteiger partial charge >= 0.3 is 0 Å². The van der Waals surface area contributed by atoms with Crippen molar-refractivity contribution >= 4 is 22.6 Å². The van der Waals surface area contributed by atoms with Crippen LogP contribution in [-0.4, -0.2) is 43.9 Å². The highest BCUT2D eigenvalue weighted by molar-refractivity contribution is 5.99. The maximum Gasteiger partial charge on any atom is 0.290 e. The third-order valence-electron chi connectivity index (χ3n) is 5.42. The van der Waals surface area contributed by atoms with Gasteiger partial charge in [-0.25, -0.2) is 5.10 Å².